The Hall–Kier alpha value is -2.89. The number of methoxy groups -OCH3 is 3. The first-order valence-electron chi connectivity index (χ1n) is 9.96. The summed E-state index contributed by atoms with van der Waals surface area (Å²) in [6.07, 6.45) is 2.29. The molecule has 6 nitrogen and oxygen atoms in total. The highest BCUT2D eigenvalue weighted by Crippen LogP contribution is 2.38. The molecule has 29 heavy (non-hydrogen) atoms. The van der Waals surface area contributed by atoms with Crippen molar-refractivity contribution in [1.29, 1.82) is 0 Å². The van der Waals surface area contributed by atoms with Gasteiger partial charge in [0.25, 0.3) is 0 Å². The van der Waals surface area contributed by atoms with E-state index < -0.39 is 0 Å². The molecule has 1 atom stereocenters. The molecule has 0 bridgehead atoms. The summed E-state index contributed by atoms with van der Waals surface area (Å²) in [5.41, 5.74) is 2.44. The van der Waals surface area contributed by atoms with Crippen molar-refractivity contribution in [1.82, 2.24) is 10.2 Å². The van der Waals surface area contributed by atoms with Crippen molar-refractivity contribution in [2.75, 3.05) is 41.5 Å². The summed E-state index contributed by atoms with van der Waals surface area (Å²) in [7, 11) is 6.70. The van der Waals surface area contributed by atoms with Crippen molar-refractivity contribution in [3.05, 3.63) is 53.6 Å². The molecule has 1 fully saturated rings. The molecule has 3 rings (SSSR count). The van der Waals surface area contributed by atoms with Crippen LogP contribution in [0.4, 0.5) is 0 Å². The fraction of sp³-hybridized carbons (Fsp3) is 0.435. The van der Waals surface area contributed by atoms with E-state index in [-0.39, 0.29) is 0 Å². The Morgan fingerprint density at radius 1 is 1.03 bits per heavy atom. The SMILES string of the molecule is CN=C(NCc1cc(OC)c(OC)c(OC)c1)N1CCC(Cc2ccccc2)C1. The maximum absolute atomic E-state index is 5.45. The quantitative estimate of drug-likeness (QED) is 0.574. The Kier molecular flexibility index (Phi) is 7.22. The zero-order valence-corrected chi connectivity index (χ0v) is 17.8. The van der Waals surface area contributed by atoms with E-state index in [4.69, 9.17) is 14.2 Å². The molecule has 2 aromatic carbocycles. The molecule has 1 aliphatic heterocycles. The van der Waals surface area contributed by atoms with E-state index in [9.17, 15) is 0 Å². The Morgan fingerprint density at radius 3 is 2.31 bits per heavy atom. The molecule has 0 aromatic heterocycles. The lowest BCUT2D eigenvalue weighted by Crippen LogP contribution is -2.39. The van der Waals surface area contributed by atoms with Crippen LogP contribution >= 0.6 is 0 Å². The predicted octanol–water partition coefficient (Wildman–Crippen LogP) is 3.35. The molecular weight excluding hydrogens is 366 g/mol. The van der Waals surface area contributed by atoms with Crippen LogP contribution in [0.25, 0.3) is 0 Å². The first-order valence-corrected chi connectivity index (χ1v) is 9.96. The second-order valence-corrected chi connectivity index (χ2v) is 7.22. The summed E-state index contributed by atoms with van der Waals surface area (Å²) in [5.74, 6) is 3.49. The topological polar surface area (TPSA) is 55.3 Å². The highest BCUT2D eigenvalue weighted by atomic mass is 16.5. The number of benzene rings is 2. The van der Waals surface area contributed by atoms with Crippen molar-refractivity contribution in [2.45, 2.75) is 19.4 Å². The Morgan fingerprint density at radius 2 is 1.72 bits per heavy atom. The minimum atomic E-state index is 0.603. The first kappa shape index (κ1) is 20.8. The van der Waals surface area contributed by atoms with Gasteiger partial charge in [-0.3, -0.25) is 4.99 Å². The molecular formula is C23H31N3O3. The molecule has 1 saturated heterocycles. The Bertz CT molecular complexity index is 798. The molecule has 0 aliphatic carbocycles. The lowest BCUT2D eigenvalue weighted by Gasteiger charge is -2.22. The van der Waals surface area contributed by atoms with E-state index in [1.807, 2.05) is 19.2 Å². The highest BCUT2D eigenvalue weighted by molar-refractivity contribution is 5.80. The molecule has 0 amide bonds. The van der Waals surface area contributed by atoms with Gasteiger partial charge in [0.05, 0.1) is 21.3 Å². The molecule has 1 aliphatic rings. The molecule has 0 radical (unpaired) electrons. The lowest BCUT2D eigenvalue weighted by atomic mass is 9.99. The second-order valence-electron chi connectivity index (χ2n) is 7.22. The van der Waals surface area contributed by atoms with Gasteiger partial charge in [0.1, 0.15) is 0 Å². The van der Waals surface area contributed by atoms with Gasteiger partial charge in [-0.2, -0.15) is 0 Å². The van der Waals surface area contributed by atoms with E-state index in [0.29, 0.717) is 29.7 Å². The number of nitrogens with one attached hydrogen (secondary N) is 1. The summed E-state index contributed by atoms with van der Waals surface area (Å²) in [4.78, 5) is 6.83. The minimum absolute atomic E-state index is 0.603. The summed E-state index contributed by atoms with van der Waals surface area (Å²) in [6, 6.07) is 14.6. The largest absolute Gasteiger partial charge is 0.493 e. The van der Waals surface area contributed by atoms with Crippen molar-refractivity contribution < 1.29 is 14.2 Å². The Balaban J connectivity index is 1.61. The van der Waals surface area contributed by atoms with Crippen molar-refractivity contribution >= 4 is 5.96 Å². The fourth-order valence-corrected chi connectivity index (χ4v) is 3.89. The van der Waals surface area contributed by atoms with E-state index in [1.165, 1.54) is 12.0 Å². The van der Waals surface area contributed by atoms with Gasteiger partial charge in [-0.25, -0.2) is 0 Å². The molecule has 0 spiro atoms. The molecule has 1 heterocycles. The van der Waals surface area contributed by atoms with E-state index >= 15 is 0 Å². The average Bonchev–Trinajstić information content (AvgIpc) is 3.22. The van der Waals surface area contributed by atoms with Gasteiger partial charge in [-0.1, -0.05) is 30.3 Å². The third kappa shape index (κ3) is 5.13. The van der Waals surface area contributed by atoms with E-state index in [1.54, 1.807) is 21.3 Å². The fourth-order valence-electron chi connectivity index (χ4n) is 3.89. The molecule has 1 N–H and O–H groups in total. The van der Waals surface area contributed by atoms with Gasteiger partial charge >= 0.3 is 0 Å². The number of guanidine groups is 1. The van der Waals surface area contributed by atoms with Crippen LogP contribution in [0.3, 0.4) is 0 Å². The zero-order valence-electron chi connectivity index (χ0n) is 17.8. The van der Waals surface area contributed by atoms with Crippen LogP contribution in [0.5, 0.6) is 17.2 Å². The first-order chi connectivity index (χ1) is 14.2. The summed E-state index contributed by atoms with van der Waals surface area (Å²) >= 11 is 0. The molecule has 6 heteroatoms. The number of ether oxygens (including phenoxy) is 3. The highest BCUT2D eigenvalue weighted by Gasteiger charge is 2.25. The van der Waals surface area contributed by atoms with Crippen LogP contribution in [0.15, 0.2) is 47.5 Å². The number of rotatable bonds is 7. The molecule has 0 saturated carbocycles. The van der Waals surface area contributed by atoms with Crippen molar-refractivity contribution in [3.8, 4) is 17.2 Å². The van der Waals surface area contributed by atoms with Crippen LogP contribution < -0.4 is 19.5 Å². The number of likely N-dealkylation sites (tertiary alicyclic amines) is 1. The number of hydrogen-bond acceptors (Lipinski definition) is 4. The van der Waals surface area contributed by atoms with E-state index in [2.05, 4.69) is 45.5 Å². The Labute approximate surface area is 173 Å². The predicted molar refractivity (Wildman–Crippen MR) is 116 cm³/mol. The van der Waals surface area contributed by atoms with Crippen molar-refractivity contribution in [3.63, 3.8) is 0 Å². The summed E-state index contributed by atoms with van der Waals surface area (Å²) in [6.45, 7) is 2.67. The number of nitrogens with zero attached hydrogens (tertiary/aromatic N) is 2. The average molecular weight is 398 g/mol. The van der Waals surface area contributed by atoms with Crippen LogP contribution in [-0.2, 0) is 13.0 Å². The van der Waals surface area contributed by atoms with Crippen LogP contribution in [0, 0.1) is 5.92 Å². The van der Waals surface area contributed by atoms with Crippen LogP contribution in [0.2, 0.25) is 0 Å². The smallest absolute Gasteiger partial charge is 0.203 e. The zero-order chi connectivity index (χ0) is 20.6. The van der Waals surface area contributed by atoms with Crippen LogP contribution in [0.1, 0.15) is 17.5 Å². The van der Waals surface area contributed by atoms with Gasteiger partial charge in [-0.05, 0) is 42.0 Å². The van der Waals surface area contributed by atoms with Gasteiger partial charge in [0.2, 0.25) is 5.75 Å². The number of hydrogen-bond donors (Lipinski definition) is 1. The second kappa shape index (κ2) is 10.0. The molecule has 1 unspecified atom stereocenters. The van der Waals surface area contributed by atoms with E-state index in [0.717, 1.165) is 31.0 Å². The summed E-state index contributed by atoms with van der Waals surface area (Å²) < 4.78 is 16.3. The third-order valence-electron chi connectivity index (χ3n) is 5.34. The normalized spacial score (nSPS) is 16.6. The molecule has 156 valence electrons. The monoisotopic (exact) mass is 397 g/mol. The standard InChI is InChI=1S/C23H31N3O3/c1-24-23(26-11-10-18(16-26)12-17-8-6-5-7-9-17)25-15-19-13-20(27-2)22(29-4)21(14-19)28-3/h5-9,13-14,18H,10-12,15-16H2,1-4H3,(H,24,25). The maximum Gasteiger partial charge on any atom is 0.203 e. The van der Waals surface area contributed by atoms with Gasteiger partial charge in [-0.15, -0.1) is 0 Å². The molecule has 2 aromatic rings. The lowest BCUT2D eigenvalue weighted by molar-refractivity contribution is 0.323. The van der Waals surface area contributed by atoms with Gasteiger partial charge < -0.3 is 24.4 Å². The van der Waals surface area contributed by atoms with Gasteiger partial charge in [0, 0.05) is 26.7 Å². The third-order valence-corrected chi connectivity index (χ3v) is 5.34. The summed E-state index contributed by atoms with van der Waals surface area (Å²) in [5, 5.41) is 3.48. The van der Waals surface area contributed by atoms with Crippen molar-refractivity contribution in [2.24, 2.45) is 10.9 Å². The minimum Gasteiger partial charge on any atom is -0.493 e. The van der Waals surface area contributed by atoms with Crippen LogP contribution in [-0.4, -0.2) is 52.3 Å². The maximum atomic E-state index is 5.45. The van der Waals surface area contributed by atoms with Gasteiger partial charge in [0.15, 0.2) is 17.5 Å². The number of aliphatic imine (C=N–C) groups is 1.